The summed E-state index contributed by atoms with van der Waals surface area (Å²) in [4.78, 5) is 11.4. The van der Waals surface area contributed by atoms with Gasteiger partial charge in [0.2, 0.25) is 5.91 Å². The van der Waals surface area contributed by atoms with Gasteiger partial charge in [-0.05, 0) is 31.2 Å². The van der Waals surface area contributed by atoms with Crippen LogP contribution in [0.1, 0.15) is 13.3 Å². The van der Waals surface area contributed by atoms with E-state index in [-0.39, 0.29) is 18.3 Å². The van der Waals surface area contributed by atoms with E-state index in [1.807, 2.05) is 0 Å². The Balaban J connectivity index is 2.14. The summed E-state index contributed by atoms with van der Waals surface area (Å²) < 4.78 is 18.0. The molecule has 0 saturated heterocycles. The molecular weight excluding hydrogens is 235 g/mol. The van der Waals surface area contributed by atoms with Crippen molar-refractivity contribution in [1.82, 2.24) is 5.32 Å². The van der Waals surface area contributed by atoms with Gasteiger partial charge in [-0.1, -0.05) is 13.0 Å². The molecule has 100 valence electrons. The Morgan fingerprint density at radius 2 is 2.22 bits per heavy atom. The Morgan fingerprint density at radius 3 is 2.94 bits per heavy atom. The van der Waals surface area contributed by atoms with Crippen molar-refractivity contribution in [3.8, 4) is 0 Å². The third-order valence-electron chi connectivity index (χ3n) is 2.19. The topological polar surface area (TPSA) is 50.4 Å². The van der Waals surface area contributed by atoms with Crippen LogP contribution in [0, 0.1) is 5.82 Å². The van der Waals surface area contributed by atoms with Crippen molar-refractivity contribution in [2.24, 2.45) is 0 Å². The molecule has 2 N–H and O–H groups in total. The van der Waals surface area contributed by atoms with Gasteiger partial charge in [-0.3, -0.25) is 4.79 Å². The molecule has 18 heavy (non-hydrogen) atoms. The van der Waals surface area contributed by atoms with Crippen molar-refractivity contribution >= 4 is 11.6 Å². The first kappa shape index (κ1) is 14.6. The molecule has 0 fully saturated rings. The molecule has 1 aromatic carbocycles. The molecule has 0 unspecified atom stereocenters. The number of carbonyl (C=O) groups is 1. The van der Waals surface area contributed by atoms with E-state index in [1.54, 1.807) is 12.1 Å². The second kappa shape index (κ2) is 8.60. The Bertz CT molecular complexity index is 372. The number of rotatable bonds is 8. The highest BCUT2D eigenvalue weighted by molar-refractivity contribution is 5.91. The maximum absolute atomic E-state index is 12.9. The lowest BCUT2D eigenvalue weighted by Crippen LogP contribution is -2.24. The summed E-state index contributed by atoms with van der Waals surface area (Å²) in [5, 5.41) is 5.72. The SMILES string of the molecule is CCCNCCOCC(=O)Nc1cccc(F)c1. The standard InChI is InChI=1S/C13H19FN2O2/c1-2-6-15-7-8-18-10-13(17)16-12-5-3-4-11(14)9-12/h3-5,9,15H,2,6-8,10H2,1H3,(H,16,17). The zero-order valence-electron chi connectivity index (χ0n) is 10.5. The van der Waals surface area contributed by atoms with Crippen LogP contribution in [0.15, 0.2) is 24.3 Å². The van der Waals surface area contributed by atoms with Gasteiger partial charge in [0.1, 0.15) is 12.4 Å². The first-order valence-electron chi connectivity index (χ1n) is 6.06. The molecule has 5 heteroatoms. The van der Waals surface area contributed by atoms with E-state index in [2.05, 4.69) is 17.6 Å². The van der Waals surface area contributed by atoms with Crippen molar-refractivity contribution in [2.75, 3.05) is 31.6 Å². The smallest absolute Gasteiger partial charge is 0.250 e. The highest BCUT2D eigenvalue weighted by Gasteiger charge is 2.02. The fourth-order valence-electron chi connectivity index (χ4n) is 1.37. The number of hydrogen-bond donors (Lipinski definition) is 2. The zero-order valence-corrected chi connectivity index (χ0v) is 10.5. The Labute approximate surface area is 107 Å². The summed E-state index contributed by atoms with van der Waals surface area (Å²) in [6.45, 7) is 4.21. The first-order chi connectivity index (χ1) is 8.72. The van der Waals surface area contributed by atoms with Crippen LogP contribution < -0.4 is 10.6 Å². The van der Waals surface area contributed by atoms with E-state index in [9.17, 15) is 9.18 Å². The lowest BCUT2D eigenvalue weighted by molar-refractivity contribution is -0.120. The number of hydrogen-bond acceptors (Lipinski definition) is 3. The Morgan fingerprint density at radius 1 is 1.39 bits per heavy atom. The maximum Gasteiger partial charge on any atom is 0.250 e. The number of halogens is 1. The molecule has 1 amide bonds. The van der Waals surface area contributed by atoms with Gasteiger partial charge < -0.3 is 15.4 Å². The van der Waals surface area contributed by atoms with E-state index >= 15 is 0 Å². The van der Waals surface area contributed by atoms with Crippen molar-refractivity contribution in [3.63, 3.8) is 0 Å². The summed E-state index contributed by atoms with van der Waals surface area (Å²) in [5.74, 6) is -0.659. The van der Waals surface area contributed by atoms with Crippen LogP contribution in [-0.2, 0) is 9.53 Å². The summed E-state index contributed by atoms with van der Waals surface area (Å²) in [7, 11) is 0. The lowest BCUT2D eigenvalue weighted by Gasteiger charge is -2.07. The molecule has 0 spiro atoms. The third-order valence-corrected chi connectivity index (χ3v) is 2.19. The molecule has 0 bridgehead atoms. The average molecular weight is 254 g/mol. The highest BCUT2D eigenvalue weighted by atomic mass is 19.1. The summed E-state index contributed by atoms with van der Waals surface area (Å²) in [6, 6.07) is 5.76. The van der Waals surface area contributed by atoms with E-state index in [4.69, 9.17) is 4.74 Å². The second-order valence-electron chi connectivity index (χ2n) is 3.86. The minimum Gasteiger partial charge on any atom is -0.370 e. The quantitative estimate of drug-likeness (QED) is 0.695. The number of benzene rings is 1. The number of anilines is 1. The fourth-order valence-corrected chi connectivity index (χ4v) is 1.37. The molecule has 1 aromatic rings. The van der Waals surface area contributed by atoms with Crippen LogP contribution in [0.2, 0.25) is 0 Å². The average Bonchev–Trinajstić information content (AvgIpc) is 2.33. The minimum atomic E-state index is -0.377. The van der Waals surface area contributed by atoms with Gasteiger partial charge in [-0.25, -0.2) is 4.39 Å². The summed E-state index contributed by atoms with van der Waals surface area (Å²) in [5.41, 5.74) is 0.438. The molecule has 0 aliphatic heterocycles. The molecule has 0 radical (unpaired) electrons. The minimum absolute atomic E-state index is 0.0235. The van der Waals surface area contributed by atoms with Gasteiger partial charge in [0.25, 0.3) is 0 Å². The molecule has 1 rings (SSSR count). The largest absolute Gasteiger partial charge is 0.370 e. The van der Waals surface area contributed by atoms with Gasteiger partial charge in [-0.15, -0.1) is 0 Å². The maximum atomic E-state index is 12.9. The monoisotopic (exact) mass is 254 g/mol. The third kappa shape index (κ3) is 6.32. The van der Waals surface area contributed by atoms with E-state index in [0.29, 0.717) is 12.3 Å². The van der Waals surface area contributed by atoms with Crippen LogP contribution >= 0.6 is 0 Å². The fraction of sp³-hybridized carbons (Fsp3) is 0.462. The first-order valence-corrected chi connectivity index (χ1v) is 6.06. The van der Waals surface area contributed by atoms with Crippen molar-refractivity contribution in [1.29, 1.82) is 0 Å². The van der Waals surface area contributed by atoms with Crippen molar-refractivity contribution < 1.29 is 13.9 Å². The van der Waals surface area contributed by atoms with Crippen LogP contribution in [0.25, 0.3) is 0 Å². The molecule has 0 aliphatic carbocycles. The second-order valence-corrected chi connectivity index (χ2v) is 3.86. The van der Waals surface area contributed by atoms with Crippen molar-refractivity contribution in [2.45, 2.75) is 13.3 Å². The van der Waals surface area contributed by atoms with Gasteiger partial charge >= 0.3 is 0 Å². The molecule has 0 saturated carbocycles. The predicted octanol–water partition coefficient (Wildman–Crippen LogP) is 1.78. The molecule has 0 heterocycles. The van der Waals surface area contributed by atoms with E-state index in [0.717, 1.165) is 19.5 Å². The number of carbonyl (C=O) groups excluding carboxylic acids is 1. The van der Waals surface area contributed by atoms with Crippen molar-refractivity contribution in [3.05, 3.63) is 30.1 Å². The Hall–Kier alpha value is -1.46. The molecule has 0 aromatic heterocycles. The number of nitrogens with one attached hydrogen (secondary N) is 2. The Kier molecular flexibility index (Phi) is 6.98. The van der Waals surface area contributed by atoms with Crippen LogP contribution in [-0.4, -0.2) is 32.2 Å². The van der Waals surface area contributed by atoms with E-state index in [1.165, 1.54) is 12.1 Å². The van der Waals surface area contributed by atoms with Gasteiger partial charge in [0.05, 0.1) is 6.61 Å². The van der Waals surface area contributed by atoms with Gasteiger partial charge in [0.15, 0.2) is 0 Å². The van der Waals surface area contributed by atoms with Gasteiger partial charge in [-0.2, -0.15) is 0 Å². The van der Waals surface area contributed by atoms with E-state index < -0.39 is 0 Å². The van der Waals surface area contributed by atoms with Gasteiger partial charge in [0, 0.05) is 12.2 Å². The summed E-state index contributed by atoms with van der Waals surface area (Å²) >= 11 is 0. The van der Waals surface area contributed by atoms with Crippen LogP contribution in [0.5, 0.6) is 0 Å². The molecular formula is C13H19FN2O2. The number of amides is 1. The number of ether oxygens (including phenoxy) is 1. The summed E-state index contributed by atoms with van der Waals surface area (Å²) in [6.07, 6.45) is 1.07. The molecule has 0 atom stereocenters. The normalized spacial score (nSPS) is 10.3. The highest BCUT2D eigenvalue weighted by Crippen LogP contribution is 2.08. The zero-order chi connectivity index (χ0) is 13.2. The van der Waals surface area contributed by atoms with Crippen LogP contribution in [0.4, 0.5) is 10.1 Å². The molecule has 4 nitrogen and oxygen atoms in total. The molecule has 0 aliphatic rings. The predicted molar refractivity (Wildman–Crippen MR) is 69.0 cm³/mol. The lowest BCUT2D eigenvalue weighted by atomic mass is 10.3. The van der Waals surface area contributed by atoms with Crippen LogP contribution in [0.3, 0.4) is 0 Å².